The Morgan fingerprint density at radius 1 is 1.20 bits per heavy atom. The number of carbonyl (C=O) groups excluding carboxylic acids is 1. The van der Waals surface area contributed by atoms with Crippen molar-refractivity contribution in [3.8, 4) is 0 Å². The van der Waals surface area contributed by atoms with Gasteiger partial charge in [-0.1, -0.05) is 19.9 Å². The highest BCUT2D eigenvalue weighted by atomic mass is 16.4. The van der Waals surface area contributed by atoms with Crippen molar-refractivity contribution in [3.63, 3.8) is 0 Å². The van der Waals surface area contributed by atoms with E-state index in [2.05, 4.69) is 15.3 Å². The fraction of sp³-hybridized carbons (Fsp3) is 0.211. The number of fused-ring (bicyclic) bond motifs is 1. The van der Waals surface area contributed by atoms with Gasteiger partial charge in [-0.3, -0.25) is 4.79 Å². The summed E-state index contributed by atoms with van der Waals surface area (Å²) >= 11 is 0. The number of hydrogen-bond acceptors (Lipinski definition) is 3. The van der Waals surface area contributed by atoms with E-state index in [4.69, 9.17) is 0 Å². The fourth-order valence-corrected chi connectivity index (χ4v) is 2.80. The summed E-state index contributed by atoms with van der Waals surface area (Å²) in [5.74, 6) is -0.997. The summed E-state index contributed by atoms with van der Waals surface area (Å²) in [6, 6.07) is 8.64. The van der Waals surface area contributed by atoms with Gasteiger partial charge < -0.3 is 15.4 Å². The van der Waals surface area contributed by atoms with Crippen molar-refractivity contribution in [2.75, 3.05) is 0 Å². The maximum absolute atomic E-state index is 12.4. The van der Waals surface area contributed by atoms with E-state index in [-0.39, 0.29) is 23.9 Å². The van der Waals surface area contributed by atoms with E-state index in [0.717, 1.165) is 22.2 Å². The van der Waals surface area contributed by atoms with Gasteiger partial charge in [0.05, 0.1) is 11.1 Å². The molecule has 0 saturated carbocycles. The van der Waals surface area contributed by atoms with Gasteiger partial charge in [-0.25, -0.2) is 9.78 Å². The lowest BCUT2D eigenvalue weighted by Crippen LogP contribution is -2.24. The Hall–Kier alpha value is -3.15. The maximum atomic E-state index is 12.4. The smallest absolute Gasteiger partial charge is 0.335 e. The first-order valence-electron chi connectivity index (χ1n) is 8.03. The standard InChI is InChI=1S/C19H19N3O3/c1-11(2)16-4-3-13(19(24)25)8-14(16)9-22-18(23)15-7-12-5-6-20-17(12)21-10-15/h3-8,10-11H,9H2,1-2H3,(H,20,21)(H,22,23)(H,24,25). The molecule has 3 N–H and O–H groups in total. The lowest BCUT2D eigenvalue weighted by atomic mass is 9.95. The number of hydrogen-bond donors (Lipinski definition) is 3. The van der Waals surface area contributed by atoms with Gasteiger partial charge in [0, 0.05) is 24.3 Å². The Kier molecular flexibility index (Phi) is 4.52. The molecule has 1 aromatic carbocycles. The minimum absolute atomic E-state index is 0.212. The van der Waals surface area contributed by atoms with E-state index in [1.165, 1.54) is 6.20 Å². The van der Waals surface area contributed by atoms with Crippen LogP contribution in [0.15, 0.2) is 42.7 Å². The Bertz CT molecular complexity index is 944. The molecule has 0 aliphatic carbocycles. The van der Waals surface area contributed by atoms with Crippen LogP contribution >= 0.6 is 0 Å². The highest BCUT2D eigenvalue weighted by Crippen LogP contribution is 2.21. The molecule has 1 amide bonds. The molecule has 2 aromatic heterocycles. The van der Waals surface area contributed by atoms with Crippen molar-refractivity contribution in [3.05, 3.63) is 65.0 Å². The van der Waals surface area contributed by atoms with Gasteiger partial charge in [0.25, 0.3) is 5.91 Å². The zero-order chi connectivity index (χ0) is 18.0. The van der Waals surface area contributed by atoms with Crippen LogP contribution in [0.5, 0.6) is 0 Å². The number of H-pyrrole nitrogens is 1. The first-order valence-corrected chi connectivity index (χ1v) is 8.03. The van der Waals surface area contributed by atoms with Gasteiger partial charge in [-0.2, -0.15) is 0 Å². The fourth-order valence-electron chi connectivity index (χ4n) is 2.80. The van der Waals surface area contributed by atoms with E-state index in [1.807, 2.05) is 26.0 Å². The van der Waals surface area contributed by atoms with E-state index < -0.39 is 5.97 Å². The molecule has 0 radical (unpaired) electrons. The Balaban J connectivity index is 1.80. The molecule has 0 aliphatic heterocycles. The van der Waals surface area contributed by atoms with Crippen molar-refractivity contribution in [1.82, 2.24) is 15.3 Å². The Morgan fingerprint density at radius 3 is 2.72 bits per heavy atom. The van der Waals surface area contributed by atoms with Crippen LogP contribution in [0.3, 0.4) is 0 Å². The largest absolute Gasteiger partial charge is 0.478 e. The normalized spacial score (nSPS) is 11.0. The number of carboxylic acids is 1. The molecule has 0 saturated heterocycles. The monoisotopic (exact) mass is 337 g/mol. The SMILES string of the molecule is CC(C)c1ccc(C(=O)O)cc1CNC(=O)c1cnc2[nH]ccc2c1. The quantitative estimate of drug-likeness (QED) is 0.665. The van der Waals surface area contributed by atoms with Crippen LogP contribution < -0.4 is 5.32 Å². The molecule has 0 bridgehead atoms. The van der Waals surface area contributed by atoms with E-state index in [1.54, 1.807) is 24.4 Å². The first-order chi connectivity index (χ1) is 12.0. The number of carbonyl (C=O) groups is 2. The van der Waals surface area contributed by atoms with Crippen LogP contribution in [0.2, 0.25) is 0 Å². The number of nitrogens with zero attached hydrogens (tertiary/aromatic N) is 1. The molecule has 3 aromatic rings. The summed E-state index contributed by atoms with van der Waals surface area (Å²) < 4.78 is 0. The predicted molar refractivity (Wildman–Crippen MR) is 94.8 cm³/mol. The van der Waals surface area contributed by atoms with Crippen LogP contribution in [0, 0.1) is 0 Å². The van der Waals surface area contributed by atoms with Crippen molar-refractivity contribution in [1.29, 1.82) is 0 Å². The van der Waals surface area contributed by atoms with Gasteiger partial charge in [0.15, 0.2) is 0 Å². The maximum Gasteiger partial charge on any atom is 0.335 e. The zero-order valence-electron chi connectivity index (χ0n) is 14.0. The van der Waals surface area contributed by atoms with Crippen molar-refractivity contribution >= 4 is 22.9 Å². The van der Waals surface area contributed by atoms with Gasteiger partial charge >= 0.3 is 5.97 Å². The molecule has 25 heavy (non-hydrogen) atoms. The third-order valence-electron chi connectivity index (χ3n) is 4.11. The molecule has 0 fully saturated rings. The third-order valence-corrected chi connectivity index (χ3v) is 4.11. The van der Waals surface area contributed by atoms with Crippen LogP contribution in [0.25, 0.3) is 11.0 Å². The number of aromatic carboxylic acids is 1. The summed E-state index contributed by atoms with van der Waals surface area (Å²) in [7, 11) is 0. The van der Waals surface area contributed by atoms with Gasteiger partial charge in [0.2, 0.25) is 0 Å². The number of aromatic amines is 1. The molecular weight excluding hydrogens is 318 g/mol. The topological polar surface area (TPSA) is 95.1 Å². The Labute approximate surface area is 144 Å². The second kappa shape index (κ2) is 6.76. The summed E-state index contributed by atoms with van der Waals surface area (Å²) in [4.78, 5) is 30.8. The van der Waals surface area contributed by atoms with Gasteiger partial charge in [-0.15, -0.1) is 0 Å². The first kappa shape index (κ1) is 16.7. The van der Waals surface area contributed by atoms with Crippen LogP contribution in [0.1, 0.15) is 51.6 Å². The summed E-state index contributed by atoms with van der Waals surface area (Å²) in [5, 5.41) is 12.9. The highest BCUT2D eigenvalue weighted by Gasteiger charge is 2.13. The molecule has 0 atom stereocenters. The molecule has 6 heteroatoms. The number of aromatic nitrogens is 2. The minimum Gasteiger partial charge on any atom is -0.478 e. The number of benzene rings is 1. The van der Waals surface area contributed by atoms with Crippen LogP contribution in [-0.4, -0.2) is 27.0 Å². The van der Waals surface area contributed by atoms with E-state index >= 15 is 0 Å². The number of rotatable bonds is 5. The lowest BCUT2D eigenvalue weighted by Gasteiger charge is -2.14. The molecule has 0 unspecified atom stereocenters. The lowest BCUT2D eigenvalue weighted by molar-refractivity contribution is 0.0696. The van der Waals surface area contributed by atoms with Crippen molar-refractivity contribution < 1.29 is 14.7 Å². The molecule has 6 nitrogen and oxygen atoms in total. The van der Waals surface area contributed by atoms with Crippen molar-refractivity contribution in [2.24, 2.45) is 0 Å². The molecule has 0 spiro atoms. The van der Waals surface area contributed by atoms with E-state index in [9.17, 15) is 14.7 Å². The number of pyridine rings is 1. The predicted octanol–water partition coefficient (Wildman–Crippen LogP) is 3.31. The average molecular weight is 337 g/mol. The minimum atomic E-state index is -0.981. The molecule has 0 aliphatic rings. The van der Waals surface area contributed by atoms with Crippen LogP contribution in [0.4, 0.5) is 0 Å². The Morgan fingerprint density at radius 2 is 2.00 bits per heavy atom. The summed E-state index contributed by atoms with van der Waals surface area (Å²) in [5.41, 5.74) is 3.23. The average Bonchev–Trinajstić information content (AvgIpc) is 3.06. The number of carboxylic acid groups (broad SMARTS) is 1. The van der Waals surface area contributed by atoms with Crippen LogP contribution in [-0.2, 0) is 6.54 Å². The molecule has 3 rings (SSSR count). The molecule has 2 heterocycles. The number of nitrogens with one attached hydrogen (secondary N) is 2. The second-order valence-corrected chi connectivity index (χ2v) is 6.20. The highest BCUT2D eigenvalue weighted by molar-refractivity contribution is 5.96. The van der Waals surface area contributed by atoms with Crippen molar-refractivity contribution in [2.45, 2.75) is 26.3 Å². The van der Waals surface area contributed by atoms with Gasteiger partial charge in [-0.05, 0) is 41.3 Å². The second-order valence-electron chi connectivity index (χ2n) is 6.20. The molecule has 128 valence electrons. The summed E-state index contributed by atoms with van der Waals surface area (Å²) in [6.07, 6.45) is 3.29. The summed E-state index contributed by atoms with van der Waals surface area (Å²) in [6.45, 7) is 4.33. The zero-order valence-corrected chi connectivity index (χ0v) is 14.0. The van der Waals surface area contributed by atoms with E-state index in [0.29, 0.717) is 5.56 Å². The third kappa shape index (κ3) is 3.52. The van der Waals surface area contributed by atoms with Gasteiger partial charge in [0.1, 0.15) is 5.65 Å². The molecular formula is C19H19N3O3. The number of amides is 1.